The molecule has 2 amide bonds. The van der Waals surface area contributed by atoms with Crippen molar-refractivity contribution in [1.29, 1.82) is 0 Å². The lowest BCUT2D eigenvalue weighted by atomic mass is 10.2. The number of carbonyl (C=O) groups excluding carboxylic acids is 2. The Bertz CT molecular complexity index is 601. The molecule has 0 spiro atoms. The van der Waals surface area contributed by atoms with E-state index in [0.717, 1.165) is 40.4 Å². The van der Waals surface area contributed by atoms with E-state index in [1.165, 1.54) is 4.90 Å². The molecule has 1 aromatic rings. The van der Waals surface area contributed by atoms with E-state index in [0.29, 0.717) is 11.4 Å². The number of hydrogen-bond donors (Lipinski definition) is 0. The summed E-state index contributed by atoms with van der Waals surface area (Å²) in [4.78, 5) is 25.9. The fourth-order valence-electron chi connectivity index (χ4n) is 1.93. The molecule has 0 unspecified atom stereocenters. The van der Waals surface area contributed by atoms with Crippen LogP contribution in [-0.4, -0.2) is 29.7 Å². The lowest BCUT2D eigenvalue weighted by molar-refractivity contribution is -0.122. The van der Waals surface area contributed by atoms with Crippen LogP contribution in [0.25, 0.3) is 6.08 Å². The molecule has 0 bridgehead atoms. The minimum atomic E-state index is -0.203. The quantitative estimate of drug-likeness (QED) is 0.726. The number of imide groups is 1. The van der Waals surface area contributed by atoms with Gasteiger partial charge in [0.1, 0.15) is 5.75 Å². The summed E-state index contributed by atoms with van der Waals surface area (Å²) in [5.74, 6) is 0.522. The van der Waals surface area contributed by atoms with Crippen molar-refractivity contribution in [3.63, 3.8) is 0 Å². The SMILES string of the molecule is CCCCN1C(=O)SC(=Cc2ccc(OC)c(Br)c2)C1=O. The van der Waals surface area contributed by atoms with E-state index >= 15 is 0 Å². The van der Waals surface area contributed by atoms with Crippen molar-refractivity contribution >= 4 is 44.9 Å². The Labute approximate surface area is 136 Å². The van der Waals surface area contributed by atoms with Crippen molar-refractivity contribution in [3.05, 3.63) is 33.1 Å². The highest BCUT2D eigenvalue weighted by atomic mass is 79.9. The molecule has 0 saturated carbocycles. The fourth-order valence-corrected chi connectivity index (χ4v) is 3.36. The molecule has 1 aliphatic rings. The largest absolute Gasteiger partial charge is 0.496 e. The maximum absolute atomic E-state index is 12.2. The van der Waals surface area contributed by atoms with Gasteiger partial charge in [-0.2, -0.15) is 0 Å². The average Bonchev–Trinajstić information content (AvgIpc) is 2.72. The minimum absolute atomic E-state index is 0.188. The zero-order valence-corrected chi connectivity index (χ0v) is 14.3. The Morgan fingerprint density at radius 2 is 2.14 bits per heavy atom. The van der Waals surface area contributed by atoms with Crippen LogP contribution in [0, 0.1) is 0 Å². The number of benzene rings is 1. The number of carbonyl (C=O) groups is 2. The van der Waals surface area contributed by atoms with Gasteiger partial charge in [0.05, 0.1) is 16.5 Å². The van der Waals surface area contributed by atoms with Crippen LogP contribution in [0.15, 0.2) is 27.6 Å². The normalized spacial score (nSPS) is 16.9. The van der Waals surface area contributed by atoms with Crippen LogP contribution in [0.1, 0.15) is 25.3 Å². The van der Waals surface area contributed by atoms with Crippen molar-refractivity contribution in [2.75, 3.05) is 13.7 Å². The number of hydrogen-bond acceptors (Lipinski definition) is 4. The minimum Gasteiger partial charge on any atom is -0.496 e. The van der Waals surface area contributed by atoms with E-state index in [9.17, 15) is 9.59 Å². The van der Waals surface area contributed by atoms with Gasteiger partial charge < -0.3 is 4.74 Å². The van der Waals surface area contributed by atoms with Gasteiger partial charge in [0, 0.05) is 6.54 Å². The second-order valence-electron chi connectivity index (χ2n) is 4.58. The van der Waals surface area contributed by atoms with Crippen LogP contribution in [0.4, 0.5) is 4.79 Å². The summed E-state index contributed by atoms with van der Waals surface area (Å²) in [5.41, 5.74) is 0.851. The van der Waals surface area contributed by atoms with Crippen LogP contribution in [0.3, 0.4) is 0 Å². The maximum Gasteiger partial charge on any atom is 0.293 e. The first-order valence-electron chi connectivity index (χ1n) is 6.65. The zero-order valence-electron chi connectivity index (χ0n) is 11.9. The topological polar surface area (TPSA) is 46.6 Å². The Kier molecular flexibility index (Phi) is 5.47. The predicted octanol–water partition coefficient (Wildman–Crippen LogP) is 4.29. The molecule has 0 aromatic heterocycles. The van der Waals surface area contributed by atoms with E-state index in [4.69, 9.17) is 4.74 Å². The maximum atomic E-state index is 12.2. The number of amides is 2. The number of thioether (sulfide) groups is 1. The molecule has 112 valence electrons. The Hall–Kier alpha value is -1.27. The molecule has 0 aliphatic carbocycles. The third kappa shape index (κ3) is 3.68. The van der Waals surface area contributed by atoms with Gasteiger partial charge in [-0.25, -0.2) is 0 Å². The second kappa shape index (κ2) is 7.13. The van der Waals surface area contributed by atoms with Crippen LogP contribution in [0.5, 0.6) is 5.75 Å². The number of ether oxygens (including phenoxy) is 1. The van der Waals surface area contributed by atoms with Crippen LogP contribution >= 0.6 is 27.7 Å². The molecule has 1 aliphatic heterocycles. The van der Waals surface area contributed by atoms with Crippen molar-refractivity contribution < 1.29 is 14.3 Å². The molecule has 2 rings (SSSR count). The lowest BCUT2D eigenvalue weighted by Crippen LogP contribution is -2.29. The fraction of sp³-hybridized carbons (Fsp3) is 0.333. The number of nitrogens with zero attached hydrogens (tertiary/aromatic N) is 1. The second-order valence-corrected chi connectivity index (χ2v) is 6.43. The molecule has 0 N–H and O–H groups in total. The molecule has 1 saturated heterocycles. The van der Waals surface area contributed by atoms with E-state index in [1.807, 2.05) is 25.1 Å². The smallest absolute Gasteiger partial charge is 0.293 e. The van der Waals surface area contributed by atoms with Crippen molar-refractivity contribution in [2.24, 2.45) is 0 Å². The molecule has 1 heterocycles. The average molecular weight is 370 g/mol. The van der Waals surface area contributed by atoms with Gasteiger partial charge in [-0.15, -0.1) is 0 Å². The third-order valence-corrected chi connectivity index (χ3v) is 4.61. The van der Waals surface area contributed by atoms with Gasteiger partial charge >= 0.3 is 0 Å². The number of methoxy groups -OCH3 is 1. The number of rotatable bonds is 5. The van der Waals surface area contributed by atoms with Gasteiger partial charge in [-0.3, -0.25) is 14.5 Å². The van der Waals surface area contributed by atoms with Gasteiger partial charge in [0.2, 0.25) is 0 Å². The third-order valence-electron chi connectivity index (χ3n) is 3.08. The van der Waals surface area contributed by atoms with Crippen LogP contribution < -0.4 is 4.74 Å². The zero-order chi connectivity index (χ0) is 15.4. The summed E-state index contributed by atoms with van der Waals surface area (Å²) in [6, 6.07) is 5.53. The summed E-state index contributed by atoms with van der Waals surface area (Å²) in [6.45, 7) is 2.52. The van der Waals surface area contributed by atoms with Crippen LogP contribution in [0.2, 0.25) is 0 Å². The highest BCUT2D eigenvalue weighted by Crippen LogP contribution is 2.33. The first kappa shape index (κ1) is 16.1. The van der Waals surface area contributed by atoms with Crippen molar-refractivity contribution in [3.8, 4) is 5.75 Å². The molecule has 4 nitrogen and oxygen atoms in total. The first-order valence-corrected chi connectivity index (χ1v) is 8.26. The Balaban J connectivity index is 2.20. The van der Waals surface area contributed by atoms with E-state index in [2.05, 4.69) is 15.9 Å². The van der Waals surface area contributed by atoms with Crippen LogP contribution in [-0.2, 0) is 4.79 Å². The van der Waals surface area contributed by atoms with Gasteiger partial charge in [0.15, 0.2) is 0 Å². The van der Waals surface area contributed by atoms with Crippen molar-refractivity contribution in [1.82, 2.24) is 4.90 Å². The monoisotopic (exact) mass is 369 g/mol. The summed E-state index contributed by atoms with van der Waals surface area (Å²) in [6.07, 6.45) is 3.52. The molecule has 1 fully saturated rings. The highest BCUT2D eigenvalue weighted by molar-refractivity contribution is 9.10. The molecule has 0 radical (unpaired) electrons. The highest BCUT2D eigenvalue weighted by Gasteiger charge is 2.34. The van der Waals surface area contributed by atoms with E-state index in [-0.39, 0.29) is 11.1 Å². The summed E-state index contributed by atoms with van der Waals surface area (Å²) in [5, 5.41) is -0.188. The Morgan fingerprint density at radius 3 is 2.76 bits per heavy atom. The molecular formula is C15H16BrNO3S. The number of unbranched alkanes of at least 4 members (excludes halogenated alkanes) is 1. The summed E-state index contributed by atoms with van der Waals surface area (Å²) >= 11 is 4.40. The van der Waals surface area contributed by atoms with Gasteiger partial charge in [0.25, 0.3) is 11.1 Å². The predicted molar refractivity (Wildman–Crippen MR) is 88.3 cm³/mol. The van der Waals surface area contributed by atoms with Gasteiger partial charge in [-0.05, 0) is 57.9 Å². The molecule has 1 aromatic carbocycles. The number of halogens is 1. The molecule has 6 heteroatoms. The van der Waals surface area contributed by atoms with E-state index in [1.54, 1.807) is 13.2 Å². The standard InChI is InChI=1S/C15H16BrNO3S/c1-3-4-7-17-14(18)13(21-15(17)19)9-10-5-6-12(20-2)11(16)8-10/h5-6,8-9H,3-4,7H2,1-2H3. The molecule has 0 atom stereocenters. The summed E-state index contributed by atoms with van der Waals surface area (Å²) in [7, 11) is 1.60. The van der Waals surface area contributed by atoms with Gasteiger partial charge in [-0.1, -0.05) is 19.4 Å². The van der Waals surface area contributed by atoms with Crippen molar-refractivity contribution in [2.45, 2.75) is 19.8 Å². The molecule has 21 heavy (non-hydrogen) atoms. The Morgan fingerprint density at radius 1 is 1.38 bits per heavy atom. The lowest BCUT2D eigenvalue weighted by Gasteiger charge is -2.10. The first-order chi connectivity index (χ1) is 10.1. The summed E-state index contributed by atoms with van der Waals surface area (Å²) < 4.78 is 5.98. The van der Waals surface area contributed by atoms with E-state index < -0.39 is 0 Å². The molecular weight excluding hydrogens is 354 g/mol.